The Balaban J connectivity index is 1.89. The van der Waals surface area contributed by atoms with Crippen LogP contribution in [0.5, 0.6) is 11.5 Å². The summed E-state index contributed by atoms with van der Waals surface area (Å²) in [7, 11) is 3.27. The number of hydrogen-bond acceptors (Lipinski definition) is 4. The van der Waals surface area contributed by atoms with Crippen molar-refractivity contribution in [2.24, 2.45) is 0 Å². The van der Waals surface area contributed by atoms with Gasteiger partial charge in [0, 0.05) is 17.6 Å². The van der Waals surface area contributed by atoms with Crippen LogP contribution >= 0.6 is 0 Å². The van der Waals surface area contributed by atoms with E-state index in [0.717, 1.165) is 40.7 Å². The molecule has 2 N–H and O–H groups in total. The quantitative estimate of drug-likeness (QED) is 0.748. The fourth-order valence-electron chi connectivity index (χ4n) is 3.87. The van der Waals surface area contributed by atoms with Crippen molar-refractivity contribution in [3.05, 3.63) is 68.5 Å². The average Bonchev–Trinajstić information content (AvgIpc) is 2.67. The van der Waals surface area contributed by atoms with Gasteiger partial charge in [0.25, 0.3) is 5.56 Å². The van der Waals surface area contributed by atoms with E-state index in [2.05, 4.69) is 30.2 Å². The number of rotatable bonds is 3. The number of H-pyrrole nitrogens is 1. The molecule has 0 spiro atoms. The van der Waals surface area contributed by atoms with Crippen LogP contribution in [-0.2, 0) is 6.42 Å². The lowest BCUT2D eigenvalue weighted by molar-refractivity contribution is 0.353. The zero-order valence-electron chi connectivity index (χ0n) is 16.1. The van der Waals surface area contributed by atoms with E-state index in [1.54, 1.807) is 14.2 Å². The van der Waals surface area contributed by atoms with Crippen molar-refractivity contribution in [1.82, 2.24) is 10.3 Å². The molecule has 0 aliphatic carbocycles. The van der Waals surface area contributed by atoms with Crippen LogP contribution in [0.25, 0.3) is 10.9 Å². The Morgan fingerprint density at radius 3 is 2.37 bits per heavy atom. The van der Waals surface area contributed by atoms with Gasteiger partial charge >= 0.3 is 0 Å². The largest absolute Gasteiger partial charge is 0.493 e. The Bertz CT molecular complexity index is 1090. The number of aromatic amines is 1. The minimum atomic E-state index is -0.177. The van der Waals surface area contributed by atoms with Crippen LogP contribution in [0.4, 0.5) is 0 Å². The van der Waals surface area contributed by atoms with Crippen LogP contribution in [0.15, 0.2) is 35.1 Å². The second-order valence-electron chi connectivity index (χ2n) is 7.12. The molecule has 5 heteroatoms. The summed E-state index contributed by atoms with van der Waals surface area (Å²) in [5, 5.41) is 4.54. The van der Waals surface area contributed by atoms with Crippen molar-refractivity contribution in [2.75, 3.05) is 20.8 Å². The maximum Gasteiger partial charge on any atom is 0.253 e. The molecule has 140 valence electrons. The molecule has 5 nitrogen and oxygen atoms in total. The first kappa shape index (κ1) is 17.6. The molecule has 0 unspecified atom stereocenters. The van der Waals surface area contributed by atoms with Gasteiger partial charge in [-0.25, -0.2) is 0 Å². The summed E-state index contributed by atoms with van der Waals surface area (Å²) < 4.78 is 10.9. The number of pyridine rings is 1. The average molecular weight is 364 g/mol. The van der Waals surface area contributed by atoms with Crippen molar-refractivity contribution in [3.63, 3.8) is 0 Å². The van der Waals surface area contributed by atoms with Gasteiger partial charge in [0.05, 0.1) is 20.3 Å². The predicted octanol–water partition coefficient (Wildman–Crippen LogP) is 3.40. The number of methoxy groups -OCH3 is 2. The van der Waals surface area contributed by atoms with Gasteiger partial charge in [-0.3, -0.25) is 4.79 Å². The summed E-state index contributed by atoms with van der Waals surface area (Å²) in [5.41, 5.74) is 6.15. The smallest absolute Gasteiger partial charge is 0.253 e. The summed E-state index contributed by atoms with van der Waals surface area (Å²) in [6.45, 7) is 4.95. The molecule has 0 amide bonds. The van der Waals surface area contributed by atoms with Crippen molar-refractivity contribution >= 4 is 10.9 Å². The Labute approximate surface area is 158 Å². The normalized spacial score (nSPS) is 16.2. The van der Waals surface area contributed by atoms with E-state index < -0.39 is 0 Å². The fraction of sp³-hybridized carbons (Fsp3) is 0.318. The zero-order chi connectivity index (χ0) is 19.1. The van der Waals surface area contributed by atoms with Crippen molar-refractivity contribution in [3.8, 4) is 11.5 Å². The number of hydrogen-bond donors (Lipinski definition) is 2. The topological polar surface area (TPSA) is 63.4 Å². The van der Waals surface area contributed by atoms with Crippen molar-refractivity contribution < 1.29 is 9.47 Å². The minimum absolute atomic E-state index is 0.0640. The van der Waals surface area contributed by atoms with E-state index in [9.17, 15) is 4.79 Å². The highest BCUT2D eigenvalue weighted by atomic mass is 16.5. The van der Waals surface area contributed by atoms with Gasteiger partial charge in [0.1, 0.15) is 0 Å². The third kappa shape index (κ3) is 2.98. The molecule has 27 heavy (non-hydrogen) atoms. The molecule has 0 fully saturated rings. The van der Waals surface area contributed by atoms with E-state index in [-0.39, 0.29) is 11.6 Å². The van der Waals surface area contributed by atoms with Crippen LogP contribution in [0.2, 0.25) is 0 Å². The third-order valence-electron chi connectivity index (χ3n) is 5.50. The molecule has 4 rings (SSSR count). The molecular weight excluding hydrogens is 340 g/mol. The molecular formula is C22H24N2O3. The Hall–Kier alpha value is -2.79. The molecule has 1 atom stereocenters. The first-order valence-electron chi connectivity index (χ1n) is 9.14. The Morgan fingerprint density at radius 2 is 1.63 bits per heavy atom. The van der Waals surface area contributed by atoms with E-state index in [4.69, 9.17) is 9.47 Å². The number of aromatic nitrogens is 1. The van der Waals surface area contributed by atoms with Crippen LogP contribution in [0.1, 0.15) is 33.9 Å². The number of fused-ring (bicyclic) bond motifs is 2. The van der Waals surface area contributed by atoms with Crippen molar-refractivity contribution in [1.29, 1.82) is 0 Å². The molecule has 0 saturated heterocycles. The molecule has 1 aromatic heterocycles. The lowest BCUT2D eigenvalue weighted by Crippen LogP contribution is -2.34. The second kappa shape index (κ2) is 6.74. The van der Waals surface area contributed by atoms with Crippen LogP contribution in [0.3, 0.4) is 0 Å². The number of aryl methyl sites for hydroxylation is 2. The summed E-state index contributed by atoms with van der Waals surface area (Å²) >= 11 is 0. The lowest BCUT2D eigenvalue weighted by Gasteiger charge is -2.28. The summed E-state index contributed by atoms with van der Waals surface area (Å²) in [6.07, 6.45) is 0.885. The molecule has 2 heterocycles. The van der Waals surface area contributed by atoms with Crippen LogP contribution < -0.4 is 20.3 Å². The fourth-order valence-corrected chi connectivity index (χ4v) is 3.87. The van der Waals surface area contributed by atoms with E-state index in [0.29, 0.717) is 5.75 Å². The van der Waals surface area contributed by atoms with Gasteiger partial charge in [-0.15, -0.1) is 0 Å². The summed E-state index contributed by atoms with van der Waals surface area (Å²) in [6, 6.07) is 9.99. The molecule has 1 aliphatic heterocycles. The Kier molecular flexibility index (Phi) is 4.40. The van der Waals surface area contributed by atoms with E-state index in [1.807, 2.05) is 24.3 Å². The van der Waals surface area contributed by atoms with Gasteiger partial charge in [0.15, 0.2) is 11.5 Å². The highest BCUT2D eigenvalue weighted by Crippen LogP contribution is 2.37. The van der Waals surface area contributed by atoms with Gasteiger partial charge in [0.2, 0.25) is 0 Å². The Morgan fingerprint density at radius 1 is 0.926 bits per heavy atom. The molecule has 2 aromatic carbocycles. The number of ether oxygens (including phenoxy) is 2. The SMILES string of the molecule is COc1cc2c(cc1OC)[C@@H](c1cc3cc(C)c(C)cc3[nH]c1=O)NCC2. The highest BCUT2D eigenvalue weighted by Gasteiger charge is 2.26. The number of benzene rings is 2. The number of nitrogens with one attached hydrogen (secondary N) is 2. The molecule has 1 aliphatic rings. The van der Waals surface area contributed by atoms with Gasteiger partial charge < -0.3 is 19.8 Å². The van der Waals surface area contributed by atoms with Gasteiger partial charge in [-0.05, 0) is 78.2 Å². The van der Waals surface area contributed by atoms with Crippen LogP contribution in [-0.4, -0.2) is 25.7 Å². The highest BCUT2D eigenvalue weighted by molar-refractivity contribution is 5.81. The first-order chi connectivity index (χ1) is 13.0. The van der Waals surface area contributed by atoms with E-state index in [1.165, 1.54) is 16.7 Å². The summed E-state index contributed by atoms with van der Waals surface area (Å²) in [4.78, 5) is 15.9. The molecule has 0 saturated carbocycles. The van der Waals surface area contributed by atoms with E-state index >= 15 is 0 Å². The van der Waals surface area contributed by atoms with Crippen molar-refractivity contribution in [2.45, 2.75) is 26.3 Å². The maximum atomic E-state index is 12.9. The lowest BCUT2D eigenvalue weighted by atomic mass is 9.89. The monoisotopic (exact) mass is 364 g/mol. The molecule has 3 aromatic rings. The first-order valence-corrected chi connectivity index (χ1v) is 9.14. The zero-order valence-corrected chi connectivity index (χ0v) is 16.1. The minimum Gasteiger partial charge on any atom is -0.493 e. The third-order valence-corrected chi connectivity index (χ3v) is 5.50. The summed E-state index contributed by atoms with van der Waals surface area (Å²) in [5.74, 6) is 1.39. The van der Waals surface area contributed by atoms with Gasteiger partial charge in [-0.2, -0.15) is 0 Å². The predicted molar refractivity (Wildman–Crippen MR) is 107 cm³/mol. The van der Waals surface area contributed by atoms with Crippen LogP contribution in [0, 0.1) is 13.8 Å². The maximum absolute atomic E-state index is 12.9. The standard InChI is InChI=1S/C22H24N2O3/c1-12-7-15-9-17(22(25)24-18(15)8-13(12)2)21-16-11-20(27-4)19(26-3)10-14(16)5-6-23-21/h7-11,21,23H,5-6H2,1-4H3,(H,24,25)/t21-/m0/s1. The van der Waals surface area contributed by atoms with Gasteiger partial charge in [-0.1, -0.05) is 0 Å². The second-order valence-corrected chi connectivity index (χ2v) is 7.12. The molecule has 0 radical (unpaired) electrons. The molecule has 0 bridgehead atoms.